The Labute approximate surface area is 234 Å². The molecule has 1 saturated heterocycles. The van der Waals surface area contributed by atoms with E-state index in [1.807, 2.05) is 31.2 Å². The van der Waals surface area contributed by atoms with Gasteiger partial charge < -0.3 is 14.6 Å². The van der Waals surface area contributed by atoms with E-state index in [0.717, 1.165) is 22.5 Å². The third kappa shape index (κ3) is 5.08. The van der Waals surface area contributed by atoms with E-state index in [0.29, 0.717) is 29.2 Å². The fourth-order valence-electron chi connectivity index (χ4n) is 4.48. The van der Waals surface area contributed by atoms with Gasteiger partial charge in [-0.2, -0.15) is 0 Å². The summed E-state index contributed by atoms with van der Waals surface area (Å²) in [5.74, 6) is -2.12. The first kappa shape index (κ1) is 26.8. The Morgan fingerprint density at radius 2 is 1.85 bits per heavy atom. The molecular formula is C30H25N3O6S. The monoisotopic (exact) mass is 555 g/mol. The van der Waals surface area contributed by atoms with Crippen LogP contribution < -0.4 is 9.64 Å². The van der Waals surface area contributed by atoms with Gasteiger partial charge in [0.25, 0.3) is 5.78 Å². The largest absolute Gasteiger partial charge is 0.507 e. The standard InChI is InChI=1S/C30H25N3O6S/c1-17-6-4-7-19(14-17)16-39-22-11-9-20(10-12-22)25(34)23-24(21-8-5-13-31-15-21)33(28(36)26(23)35)30-32-18(2)27(40-30)29(37)38-3/h4-15,24,34H,16H2,1-3H3/b25-23-. The molecule has 1 aliphatic rings. The zero-order valence-corrected chi connectivity index (χ0v) is 22.8. The molecule has 0 aliphatic carbocycles. The van der Waals surface area contributed by atoms with Gasteiger partial charge in [-0.05, 0) is 55.3 Å². The first-order valence-electron chi connectivity index (χ1n) is 12.3. The summed E-state index contributed by atoms with van der Waals surface area (Å²) in [7, 11) is 1.25. The number of thiazole rings is 1. The second-order valence-corrected chi connectivity index (χ2v) is 10.1. The molecule has 202 valence electrons. The van der Waals surface area contributed by atoms with Gasteiger partial charge in [0.15, 0.2) is 5.13 Å². The Kier molecular flexibility index (Phi) is 7.43. The lowest BCUT2D eigenvalue weighted by Crippen LogP contribution is -2.29. The summed E-state index contributed by atoms with van der Waals surface area (Å²) in [6.45, 7) is 4.00. The van der Waals surface area contributed by atoms with Crippen molar-refractivity contribution in [3.05, 3.63) is 111 Å². The summed E-state index contributed by atoms with van der Waals surface area (Å²) in [6, 6.07) is 17.0. The Balaban J connectivity index is 1.51. The minimum Gasteiger partial charge on any atom is -0.507 e. The molecule has 2 aromatic heterocycles. The maximum Gasteiger partial charge on any atom is 0.350 e. The molecule has 3 heterocycles. The molecule has 0 radical (unpaired) electrons. The van der Waals surface area contributed by atoms with Gasteiger partial charge in [-0.15, -0.1) is 0 Å². The zero-order valence-electron chi connectivity index (χ0n) is 22.0. The Morgan fingerprint density at radius 1 is 1.07 bits per heavy atom. The van der Waals surface area contributed by atoms with Crippen molar-refractivity contribution < 1.29 is 29.0 Å². The number of Topliss-reactive ketones (excluding diaryl/α,β-unsaturated/α-hetero) is 1. The van der Waals surface area contributed by atoms with Crippen LogP contribution in [0, 0.1) is 13.8 Å². The van der Waals surface area contributed by atoms with E-state index >= 15 is 0 Å². The number of carbonyl (C=O) groups is 3. The van der Waals surface area contributed by atoms with Crippen LogP contribution in [0.1, 0.15) is 43.7 Å². The number of rotatable bonds is 7. The van der Waals surface area contributed by atoms with Crippen molar-refractivity contribution in [2.45, 2.75) is 26.5 Å². The van der Waals surface area contributed by atoms with Crippen molar-refractivity contribution in [3.63, 3.8) is 0 Å². The third-order valence-corrected chi connectivity index (χ3v) is 7.56. The van der Waals surface area contributed by atoms with Gasteiger partial charge in [-0.25, -0.2) is 9.78 Å². The number of benzene rings is 2. The van der Waals surface area contributed by atoms with Crippen molar-refractivity contribution in [1.29, 1.82) is 0 Å². The van der Waals surface area contributed by atoms with Crippen molar-refractivity contribution >= 4 is 39.9 Å². The van der Waals surface area contributed by atoms with Crippen LogP contribution in [0.25, 0.3) is 5.76 Å². The highest BCUT2D eigenvalue weighted by atomic mass is 32.1. The Bertz CT molecular complexity index is 1630. The lowest BCUT2D eigenvalue weighted by atomic mass is 9.96. The number of pyridine rings is 1. The van der Waals surface area contributed by atoms with Gasteiger partial charge in [-0.3, -0.25) is 19.5 Å². The fraction of sp³-hybridized carbons (Fsp3) is 0.167. The van der Waals surface area contributed by atoms with Crippen LogP contribution >= 0.6 is 11.3 Å². The SMILES string of the molecule is COC(=O)c1sc(N2C(=O)C(=O)/C(=C(\O)c3ccc(OCc4cccc(C)c4)cc3)C2c2cccnc2)nc1C. The van der Waals surface area contributed by atoms with Crippen molar-refractivity contribution in [3.8, 4) is 5.75 Å². The fourth-order valence-corrected chi connectivity index (χ4v) is 5.50. The van der Waals surface area contributed by atoms with Gasteiger partial charge in [0, 0.05) is 18.0 Å². The normalized spacial score (nSPS) is 16.3. The lowest BCUT2D eigenvalue weighted by molar-refractivity contribution is -0.132. The summed E-state index contributed by atoms with van der Waals surface area (Å²) in [6.07, 6.45) is 3.08. The van der Waals surface area contributed by atoms with E-state index in [4.69, 9.17) is 9.47 Å². The lowest BCUT2D eigenvalue weighted by Gasteiger charge is -2.22. The zero-order chi connectivity index (χ0) is 28.4. The number of aromatic nitrogens is 2. The number of carbonyl (C=O) groups excluding carboxylic acids is 3. The van der Waals surface area contributed by atoms with Gasteiger partial charge >= 0.3 is 11.9 Å². The second kappa shape index (κ2) is 11.1. The average molecular weight is 556 g/mol. The van der Waals surface area contributed by atoms with Crippen molar-refractivity contribution in [2.75, 3.05) is 12.0 Å². The number of methoxy groups -OCH3 is 1. The van der Waals surface area contributed by atoms with Crippen LogP contribution in [0.3, 0.4) is 0 Å². The van der Waals surface area contributed by atoms with E-state index in [-0.39, 0.29) is 21.3 Å². The molecule has 0 bridgehead atoms. The summed E-state index contributed by atoms with van der Waals surface area (Å²) >= 11 is 0.936. The number of hydrogen-bond acceptors (Lipinski definition) is 9. The van der Waals surface area contributed by atoms with E-state index < -0.39 is 23.7 Å². The number of hydrogen-bond donors (Lipinski definition) is 1. The molecule has 0 saturated carbocycles. The van der Waals surface area contributed by atoms with E-state index in [1.165, 1.54) is 18.2 Å². The van der Waals surface area contributed by atoms with Gasteiger partial charge in [0.05, 0.1) is 24.4 Å². The van der Waals surface area contributed by atoms with Crippen LogP contribution in [-0.2, 0) is 20.9 Å². The molecule has 1 aliphatic heterocycles. The predicted molar refractivity (Wildman–Crippen MR) is 149 cm³/mol. The molecule has 10 heteroatoms. The summed E-state index contributed by atoms with van der Waals surface area (Å²) in [4.78, 5) is 48.8. The van der Waals surface area contributed by atoms with Crippen LogP contribution in [0.2, 0.25) is 0 Å². The summed E-state index contributed by atoms with van der Waals surface area (Å²) < 4.78 is 10.7. The van der Waals surface area contributed by atoms with E-state index in [9.17, 15) is 19.5 Å². The number of aliphatic hydroxyl groups is 1. The Morgan fingerprint density at radius 3 is 2.52 bits per heavy atom. The molecular weight excluding hydrogens is 530 g/mol. The smallest absolute Gasteiger partial charge is 0.350 e. The highest BCUT2D eigenvalue weighted by Gasteiger charge is 2.48. The predicted octanol–water partition coefficient (Wildman–Crippen LogP) is 5.15. The van der Waals surface area contributed by atoms with Gasteiger partial charge in [-0.1, -0.05) is 47.2 Å². The molecule has 40 heavy (non-hydrogen) atoms. The average Bonchev–Trinajstić information content (AvgIpc) is 3.48. The molecule has 1 fully saturated rings. The quantitative estimate of drug-likeness (QED) is 0.144. The molecule has 2 aromatic carbocycles. The third-order valence-electron chi connectivity index (χ3n) is 6.42. The number of aryl methyl sites for hydroxylation is 2. The number of amides is 1. The van der Waals surface area contributed by atoms with E-state index in [2.05, 4.69) is 9.97 Å². The minimum absolute atomic E-state index is 0.112. The number of nitrogens with zero attached hydrogens (tertiary/aromatic N) is 3. The van der Waals surface area contributed by atoms with Crippen molar-refractivity contribution in [1.82, 2.24) is 9.97 Å². The highest BCUT2D eigenvalue weighted by Crippen LogP contribution is 2.43. The maximum absolute atomic E-state index is 13.4. The van der Waals surface area contributed by atoms with Crippen LogP contribution in [0.5, 0.6) is 5.75 Å². The molecule has 1 unspecified atom stereocenters. The van der Waals surface area contributed by atoms with Gasteiger partial charge in [0.1, 0.15) is 23.0 Å². The number of ether oxygens (including phenoxy) is 2. The van der Waals surface area contributed by atoms with Crippen molar-refractivity contribution in [2.24, 2.45) is 0 Å². The van der Waals surface area contributed by atoms with Crippen LogP contribution in [0.4, 0.5) is 5.13 Å². The molecule has 9 nitrogen and oxygen atoms in total. The van der Waals surface area contributed by atoms with Gasteiger partial charge in [0.2, 0.25) is 0 Å². The number of esters is 1. The van der Waals surface area contributed by atoms with E-state index in [1.54, 1.807) is 49.5 Å². The van der Waals surface area contributed by atoms with Crippen LogP contribution in [0.15, 0.2) is 78.6 Å². The van der Waals surface area contributed by atoms with Crippen LogP contribution in [-0.4, -0.2) is 39.8 Å². The Hall–Kier alpha value is -4.83. The first-order chi connectivity index (χ1) is 19.3. The molecule has 1 atom stereocenters. The topological polar surface area (TPSA) is 119 Å². The summed E-state index contributed by atoms with van der Waals surface area (Å²) in [5.41, 5.74) is 3.24. The molecule has 4 aromatic rings. The first-order valence-corrected chi connectivity index (χ1v) is 13.2. The molecule has 1 N–H and O–H groups in total. The maximum atomic E-state index is 13.4. The number of ketones is 1. The highest BCUT2D eigenvalue weighted by molar-refractivity contribution is 7.17. The molecule has 5 rings (SSSR count). The second-order valence-electron chi connectivity index (χ2n) is 9.16. The number of aliphatic hydroxyl groups excluding tert-OH is 1. The minimum atomic E-state index is -1.01. The molecule has 0 spiro atoms. The number of anilines is 1. The summed E-state index contributed by atoms with van der Waals surface area (Å²) in [5, 5.41) is 11.5. The molecule has 1 amide bonds.